The van der Waals surface area contributed by atoms with Crippen LogP contribution in [0.5, 0.6) is 5.75 Å². The van der Waals surface area contributed by atoms with Crippen LogP contribution in [0.4, 0.5) is 5.69 Å². The summed E-state index contributed by atoms with van der Waals surface area (Å²) < 4.78 is 5.69. The van der Waals surface area contributed by atoms with Crippen molar-refractivity contribution in [3.63, 3.8) is 0 Å². The van der Waals surface area contributed by atoms with Crippen LogP contribution in [-0.2, 0) is 6.61 Å². The summed E-state index contributed by atoms with van der Waals surface area (Å²) >= 11 is 0. The Kier molecular flexibility index (Phi) is 4.41. The van der Waals surface area contributed by atoms with Gasteiger partial charge in [-0.1, -0.05) is 24.3 Å². The lowest BCUT2D eigenvalue weighted by atomic mass is 10.1. The molecular formula is C17H16N2O. The van der Waals surface area contributed by atoms with Gasteiger partial charge < -0.3 is 10.5 Å². The Morgan fingerprint density at radius 2 is 1.80 bits per heavy atom. The second kappa shape index (κ2) is 6.44. The minimum Gasteiger partial charge on any atom is -0.489 e. The monoisotopic (exact) mass is 264 g/mol. The molecule has 0 saturated carbocycles. The van der Waals surface area contributed by atoms with Gasteiger partial charge in [0.05, 0.1) is 6.07 Å². The van der Waals surface area contributed by atoms with Crippen molar-refractivity contribution < 1.29 is 4.74 Å². The second-order valence-corrected chi connectivity index (χ2v) is 4.54. The van der Waals surface area contributed by atoms with Gasteiger partial charge >= 0.3 is 0 Å². The Hall–Kier alpha value is -2.73. The quantitative estimate of drug-likeness (QED) is 0.675. The third kappa shape index (κ3) is 3.89. The number of nitrogen functional groups attached to an aromatic ring is 1. The van der Waals surface area contributed by atoms with Crippen LogP contribution in [-0.4, -0.2) is 0 Å². The van der Waals surface area contributed by atoms with Crippen LogP contribution in [0, 0.1) is 11.3 Å². The van der Waals surface area contributed by atoms with Gasteiger partial charge in [-0.3, -0.25) is 0 Å². The van der Waals surface area contributed by atoms with E-state index in [1.807, 2.05) is 54.6 Å². The minimum atomic E-state index is 0.507. The fourth-order valence-corrected chi connectivity index (χ4v) is 1.72. The molecule has 100 valence electrons. The molecule has 0 radical (unpaired) electrons. The number of hydrogen-bond donors (Lipinski definition) is 1. The lowest BCUT2D eigenvalue weighted by Crippen LogP contribution is -1.95. The number of hydrogen-bond acceptors (Lipinski definition) is 3. The summed E-state index contributed by atoms with van der Waals surface area (Å²) in [6.45, 7) is 2.29. The van der Waals surface area contributed by atoms with Crippen molar-refractivity contribution >= 4 is 11.8 Å². The number of nitrogens with two attached hydrogens (primary N) is 1. The Balaban J connectivity index is 1.97. The fourth-order valence-electron chi connectivity index (χ4n) is 1.72. The number of allylic oxidation sites excluding steroid dienone is 1. The predicted octanol–water partition coefficient (Wildman–Crippen LogP) is 3.77. The van der Waals surface area contributed by atoms with Crippen molar-refractivity contribution in [3.05, 3.63) is 65.2 Å². The Morgan fingerprint density at radius 1 is 1.15 bits per heavy atom. The largest absolute Gasteiger partial charge is 0.489 e. The summed E-state index contributed by atoms with van der Waals surface area (Å²) in [7, 11) is 0. The molecule has 3 heteroatoms. The molecule has 0 amide bonds. The zero-order chi connectivity index (χ0) is 14.4. The van der Waals surface area contributed by atoms with Gasteiger partial charge in [0.2, 0.25) is 0 Å². The SMILES string of the molecule is C/C(C#N)=C/c1ccc(OCc2ccc(N)cc2)cc1. The summed E-state index contributed by atoms with van der Waals surface area (Å²) in [6.07, 6.45) is 1.84. The number of ether oxygens (including phenoxy) is 1. The Morgan fingerprint density at radius 3 is 2.40 bits per heavy atom. The van der Waals surface area contributed by atoms with E-state index in [0.29, 0.717) is 12.2 Å². The summed E-state index contributed by atoms with van der Waals surface area (Å²) in [4.78, 5) is 0. The van der Waals surface area contributed by atoms with Gasteiger partial charge in [-0.2, -0.15) is 5.26 Å². The highest BCUT2D eigenvalue weighted by Gasteiger charge is 1.97. The molecule has 0 aliphatic heterocycles. The van der Waals surface area contributed by atoms with Crippen LogP contribution < -0.4 is 10.5 Å². The topological polar surface area (TPSA) is 59.0 Å². The maximum absolute atomic E-state index is 8.73. The number of rotatable bonds is 4. The third-order valence-electron chi connectivity index (χ3n) is 2.82. The van der Waals surface area contributed by atoms with E-state index in [4.69, 9.17) is 15.7 Å². The maximum atomic E-state index is 8.73. The van der Waals surface area contributed by atoms with E-state index >= 15 is 0 Å². The molecular weight excluding hydrogens is 248 g/mol. The lowest BCUT2D eigenvalue weighted by molar-refractivity contribution is 0.306. The first-order valence-electron chi connectivity index (χ1n) is 6.33. The van der Waals surface area contributed by atoms with E-state index in [0.717, 1.165) is 22.6 Å². The van der Waals surface area contributed by atoms with Crippen molar-refractivity contribution in [1.29, 1.82) is 5.26 Å². The standard InChI is InChI=1S/C17H16N2O/c1-13(11-18)10-14-4-8-17(9-5-14)20-12-15-2-6-16(19)7-3-15/h2-10H,12,19H2,1H3/b13-10-. The summed E-state index contributed by atoms with van der Waals surface area (Å²) in [5.74, 6) is 0.800. The van der Waals surface area contributed by atoms with Crippen LogP contribution in [0.25, 0.3) is 6.08 Å². The van der Waals surface area contributed by atoms with Crippen LogP contribution in [0.3, 0.4) is 0 Å². The molecule has 3 nitrogen and oxygen atoms in total. The minimum absolute atomic E-state index is 0.507. The third-order valence-corrected chi connectivity index (χ3v) is 2.82. The first-order valence-corrected chi connectivity index (χ1v) is 6.33. The van der Waals surface area contributed by atoms with Crippen LogP contribution in [0.1, 0.15) is 18.1 Å². The zero-order valence-electron chi connectivity index (χ0n) is 11.3. The van der Waals surface area contributed by atoms with E-state index in [9.17, 15) is 0 Å². The Labute approximate surface area is 118 Å². The van der Waals surface area contributed by atoms with Crippen molar-refractivity contribution in [2.45, 2.75) is 13.5 Å². The van der Waals surface area contributed by atoms with Crippen molar-refractivity contribution in [3.8, 4) is 11.8 Å². The molecule has 0 heterocycles. The van der Waals surface area contributed by atoms with Gasteiger partial charge in [0, 0.05) is 11.3 Å². The number of benzene rings is 2. The highest BCUT2D eigenvalue weighted by atomic mass is 16.5. The van der Waals surface area contributed by atoms with Crippen LogP contribution in [0.15, 0.2) is 54.1 Å². The van der Waals surface area contributed by atoms with Crippen LogP contribution in [0.2, 0.25) is 0 Å². The van der Waals surface area contributed by atoms with E-state index in [2.05, 4.69) is 6.07 Å². The summed E-state index contributed by atoms with van der Waals surface area (Å²) in [6, 6.07) is 17.4. The highest BCUT2D eigenvalue weighted by Crippen LogP contribution is 2.16. The summed E-state index contributed by atoms with van der Waals surface area (Å²) in [5, 5.41) is 8.73. The molecule has 0 fully saturated rings. The number of anilines is 1. The number of nitrogens with zero attached hydrogens (tertiary/aromatic N) is 1. The first kappa shape index (κ1) is 13.7. The van der Waals surface area contributed by atoms with Gasteiger partial charge in [-0.15, -0.1) is 0 Å². The van der Waals surface area contributed by atoms with Gasteiger partial charge in [0.25, 0.3) is 0 Å². The molecule has 2 aromatic carbocycles. The van der Waals surface area contributed by atoms with Gasteiger partial charge in [-0.25, -0.2) is 0 Å². The lowest BCUT2D eigenvalue weighted by Gasteiger charge is -2.07. The molecule has 2 aromatic rings. The smallest absolute Gasteiger partial charge is 0.119 e. The van der Waals surface area contributed by atoms with E-state index in [1.165, 1.54) is 0 Å². The average Bonchev–Trinajstić information content (AvgIpc) is 2.48. The van der Waals surface area contributed by atoms with Gasteiger partial charge in [-0.05, 0) is 48.4 Å². The molecule has 20 heavy (non-hydrogen) atoms. The van der Waals surface area contributed by atoms with Gasteiger partial charge in [0.1, 0.15) is 12.4 Å². The molecule has 0 unspecified atom stereocenters. The molecule has 0 atom stereocenters. The average molecular weight is 264 g/mol. The van der Waals surface area contributed by atoms with E-state index < -0.39 is 0 Å². The molecule has 0 aromatic heterocycles. The van der Waals surface area contributed by atoms with Crippen molar-refractivity contribution in [2.75, 3.05) is 5.73 Å². The van der Waals surface area contributed by atoms with Crippen molar-refractivity contribution in [1.82, 2.24) is 0 Å². The normalized spacial score (nSPS) is 10.9. The molecule has 0 spiro atoms. The van der Waals surface area contributed by atoms with Crippen molar-refractivity contribution in [2.24, 2.45) is 0 Å². The molecule has 2 N–H and O–H groups in total. The fraction of sp³-hybridized carbons (Fsp3) is 0.118. The molecule has 0 aliphatic carbocycles. The zero-order valence-corrected chi connectivity index (χ0v) is 11.3. The molecule has 0 saturated heterocycles. The van der Waals surface area contributed by atoms with E-state index in [-0.39, 0.29) is 0 Å². The first-order chi connectivity index (χ1) is 9.67. The Bertz CT molecular complexity index is 634. The van der Waals surface area contributed by atoms with Gasteiger partial charge in [0.15, 0.2) is 0 Å². The predicted molar refractivity (Wildman–Crippen MR) is 80.9 cm³/mol. The summed E-state index contributed by atoms with van der Waals surface area (Å²) in [5.41, 5.74) is 9.12. The van der Waals surface area contributed by atoms with Crippen LogP contribution >= 0.6 is 0 Å². The molecule has 0 aliphatic rings. The molecule has 0 bridgehead atoms. The highest BCUT2D eigenvalue weighted by molar-refractivity contribution is 5.56. The second-order valence-electron chi connectivity index (χ2n) is 4.54. The maximum Gasteiger partial charge on any atom is 0.119 e. The molecule has 2 rings (SSSR count). The van der Waals surface area contributed by atoms with E-state index in [1.54, 1.807) is 6.92 Å². The number of nitriles is 1.